The third kappa shape index (κ3) is 3.73. The number of carbonyl (C=O) groups excluding carboxylic acids is 1. The van der Waals surface area contributed by atoms with Crippen molar-refractivity contribution >= 4 is 5.91 Å². The molecule has 1 amide bonds. The van der Waals surface area contributed by atoms with E-state index in [0.717, 1.165) is 32.5 Å². The molecule has 7 heteroatoms. The lowest BCUT2D eigenvalue weighted by Crippen LogP contribution is -2.50. The quantitative estimate of drug-likeness (QED) is 0.830. The first kappa shape index (κ1) is 17.1. The van der Waals surface area contributed by atoms with Crippen molar-refractivity contribution in [1.29, 1.82) is 0 Å². The molecule has 2 aromatic rings. The summed E-state index contributed by atoms with van der Waals surface area (Å²) in [5.74, 6) is -0.0440. The number of nitrogens with zero attached hydrogens (tertiary/aromatic N) is 5. The van der Waals surface area contributed by atoms with Gasteiger partial charge in [0.05, 0.1) is 18.9 Å². The first-order valence-electron chi connectivity index (χ1n) is 9.11. The molecule has 0 N–H and O–H groups in total. The molecule has 4 heterocycles. The number of morpholine rings is 1. The van der Waals surface area contributed by atoms with Crippen LogP contribution in [0.2, 0.25) is 0 Å². The summed E-state index contributed by atoms with van der Waals surface area (Å²) in [7, 11) is 0. The Morgan fingerprint density at radius 2 is 1.92 bits per heavy atom. The van der Waals surface area contributed by atoms with Crippen molar-refractivity contribution in [3.05, 3.63) is 54.4 Å². The molecule has 2 fully saturated rings. The molecule has 2 aliphatic heterocycles. The largest absolute Gasteiger partial charge is 0.375 e. The van der Waals surface area contributed by atoms with E-state index in [4.69, 9.17) is 4.74 Å². The number of likely N-dealkylation sites (tertiary alicyclic amines) is 1. The van der Waals surface area contributed by atoms with Gasteiger partial charge in [-0.2, -0.15) is 0 Å². The van der Waals surface area contributed by atoms with Crippen LogP contribution in [0.15, 0.2) is 43.1 Å². The number of hydrogen-bond acceptors (Lipinski definition) is 6. The first-order chi connectivity index (χ1) is 12.8. The zero-order valence-corrected chi connectivity index (χ0v) is 14.7. The summed E-state index contributed by atoms with van der Waals surface area (Å²) in [6.07, 6.45) is 10.3. The third-order valence-electron chi connectivity index (χ3n) is 5.19. The molecule has 0 spiro atoms. The van der Waals surface area contributed by atoms with Crippen molar-refractivity contribution in [3.8, 4) is 0 Å². The number of carbonyl (C=O) groups is 1. The second kappa shape index (κ2) is 7.88. The van der Waals surface area contributed by atoms with Gasteiger partial charge in [-0.3, -0.25) is 19.7 Å². The second-order valence-corrected chi connectivity index (χ2v) is 6.76. The SMILES string of the molecule is O=C(c1cnccn1)N1CCC2OCCN(Cc3ccncc3)C2CC1. The molecule has 4 rings (SSSR count). The topological polar surface area (TPSA) is 71.5 Å². The number of amides is 1. The molecule has 26 heavy (non-hydrogen) atoms. The molecular formula is C19H23N5O2. The molecule has 0 radical (unpaired) electrons. The molecule has 136 valence electrons. The number of rotatable bonds is 3. The van der Waals surface area contributed by atoms with E-state index in [2.05, 4.69) is 32.0 Å². The average Bonchev–Trinajstić information content (AvgIpc) is 2.92. The highest BCUT2D eigenvalue weighted by Gasteiger charge is 2.35. The van der Waals surface area contributed by atoms with E-state index < -0.39 is 0 Å². The van der Waals surface area contributed by atoms with Gasteiger partial charge in [-0.25, -0.2) is 4.98 Å². The van der Waals surface area contributed by atoms with E-state index in [0.29, 0.717) is 24.8 Å². The number of pyridine rings is 1. The molecule has 7 nitrogen and oxygen atoms in total. The van der Waals surface area contributed by atoms with Crippen LogP contribution in [0.3, 0.4) is 0 Å². The first-order valence-corrected chi connectivity index (χ1v) is 9.11. The monoisotopic (exact) mass is 353 g/mol. The summed E-state index contributed by atoms with van der Waals surface area (Å²) in [6, 6.07) is 4.45. The molecule has 0 saturated carbocycles. The average molecular weight is 353 g/mol. The Labute approximate surface area is 153 Å². The van der Waals surface area contributed by atoms with Gasteiger partial charge in [-0.1, -0.05) is 0 Å². The van der Waals surface area contributed by atoms with Gasteiger partial charge in [-0.05, 0) is 30.5 Å². The highest BCUT2D eigenvalue weighted by molar-refractivity contribution is 5.91. The summed E-state index contributed by atoms with van der Waals surface area (Å²) in [4.78, 5) is 29.3. The maximum absolute atomic E-state index is 12.7. The summed E-state index contributed by atoms with van der Waals surface area (Å²) in [6.45, 7) is 3.96. The number of aromatic nitrogens is 3. The molecule has 0 bridgehead atoms. The van der Waals surface area contributed by atoms with Crippen molar-refractivity contribution in [2.75, 3.05) is 26.2 Å². The molecule has 0 aromatic carbocycles. The van der Waals surface area contributed by atoms with Gasteiger partial charge >= 0.3 is 0 Å². The molecule has 0 aliphatic carbocycles. The van der Waals surface area contributed by atoms with Crippen LogP contribution >= 0.6 is 0 Å². The zero-order chi connectivity index (χ0) is 17.8. The zero-order valence-electron chi connectivity index (χ0n) is 14.7. The minimum absolute atomic E-state index is 0.0440. The van der Waals surface area contributed by atoms with Crippen molar-refractivity contribution in [2.45, 2.75) is 31.5 Å². The van der Waals surface area contributed by atoms with Crippen LogP contribution in [-0.2, 0) is 11.3 Å². The molecule has 2 unspecified atom stereocenters. The lowest BCUT2D eigenvalue weighted by molar-refractivity contribution is -0.0746. The lowest BCUT2D eigenvalue weighted by atomic mass is 10.0. The van der Waals surface area contributed by atoms with E-state index in [-0.39, 0.29) is 12.0 Å². The predicted molar refractivity (Wildman–Crippen MR) is 95.3 cm³/mol. The number of ether oxygens (including phenoxy) is 1. The van der Waals surface area contributed by atoms with E-state index in [1.54, 1.807) is 12.4 Å². The van der Waals surface area contributed by atoms with Crippen molar-refractivity contribution in [1.82, 2.24) is 24.8 Å². The summed E-state index contributed by atoms with van der Waals surface area (Å²) < 4.78 is 6.04. The van der Waals surface area contributed by atoms with Crippen LogP contribution in [0.1, 0.15) is 28.9 Å². The molecular weight excluding hydrogens is 330 g/mol. The van der Waals surface area contributed by atoms with Gasteiger partial charge in [0.1, 0.15) is 5.69 Å². The Morgan fingerprint density at radius 3 is 2.73 bits per heavy atom. The lowest BCUT2D eigenvalue weighted by Gasteiger charge is -2.40. The fraction of sp³-hybridized carbons (Fsp3) is 0.474. The Balaban J connectivity index is 1.45. The number of fused-ring (bicyclic) bond motifs is 1. The van der Waals surface area contributed by atoms with Crippen molar-refractivity contribution in [3.63, 3.8) is 0 Å². The minimum atomic E-state index is -0.0440. The van der Waals surface area contributed by atoms with E-state index in [1.807, 2.05) is 17.3 Å². The van der Waals surface area contributed by atoms with E-state index >= 15 is 0 Å². The molecule has 2 saturated heterocycles. The van der Waals surface area contributed by atoms with Gasteiger partial charge in [0.25, 0.3) is 5.91 Å². The summed E-state index contributed by atoms with van der Waals surface area (Å²) in [5.41, 5.74) is 1.67. The fourth-order valence-electron chi connectivity index (χ4n) is 3.85. The number of hydrogen-bond donors (Lipinski definition) is 0. The van der Waals surface area contributed by atoms with Gasteiger partial charge in [-0.15, -0.1) is 0 Å². The van der Waals surface area contributed by atoms with Crippen LogP contribution in [0.25, 0.3) is 0 Å². The fourth-order valence-corrected chi connectivity index (χ4v) is 3.85. The molecule has 2 atom stereocenters. The van der Waals surface area contributed by atoms with Crippen LogP contribution < -0.4 is 0 Å². The van der Waals surface area contributed by atoms with Crippen LogP contribution in [0, 0.1) is 0 Å². The van der Waals surface area contributed by atoms with E-state index in [1.165, 1.54) is 11.8 Å². The van der Waals surface area contributed by atoms with Gasteiger partial charge in [0, 0.05) is 57.0 Å². The standard InChI is InChI=1S/C19H23N5O2/c25-19(16-13-21-7-8-22-16)23-9-3-17-18(4-10-23)26-12-11-24(17)14-15-1-5-20-6-2-15/h1-2,5-8,13,17-18H,3-4,9-12,14H2. The highest BCUT2D eigenvalue weighted by Crippen LogP contribution is 2.25. The maximum atomic E-state index is 12.7. The van der Waals surface area contributed by atoms with Crippen LogP contribution in [-0.4, -0.2) is 69.0 Å². The van der Waals surface area contributed by atoms with E-state index in [9.17, 15) is 4.79 Å². The van der Waals surface area contributed by atoms with Gasteiger partial charge < -0.3 is 9.64 Å². The molecule has 2 aliphatic rings. The van der Waals surface area contributed by atoms with Gasteiger partial charge in [0.2, 0.25) is 0 Å². The Bertz CT molecular complexity index is 727. The van der Waals surface area contributed by atoms with Crippen LogP contribution in [0.4, 0.5) is 0 Å². The molecule has 2 aromatic heterocycles. The maximum Gasteiger partial charge on any atom is 0.274 e. The Kier molecular flexibility index (Phi) is 5.17. The van der Waals surface area contributed by atoms with Crippen molar-refractivity contribution < 1.29 is 9.53 Å². The Morgan fingerprint density at radius 1 is 1.08 bits per heavy atom. The minimum Gasteiger partial charge on any atom is -0.375 e. The third-order valence-corrected chi connectivity index (χ3v) is 5.19. The predicted octanol–water partition coefficient (Wildman–Crippen LogP) is 1.38. The summed E-state index contributed by atoms with van der Waals surface area (Å²) in [5, 5.41) is 0. The van der Waals surface area contributed by atoms with Gasteiger partial charge in [0.15, 0.2) is 0 Å². The highest BCUT2D eigenvalue weighted by atomic mass is 16.5. The van der Waals surface area contributed by atoms with Crippen molar-refractivity contribution in [2.24, 2.45) is 0 Å². The normalized spacial score (nSPS) is 23.9. The smallest absolute Gasteiger partial charge is 0.274 e. The Hall–Kier alpha value is -2.38. The second-order valence-electron chi connectivity index (χ2n) is 6.76. The van der Waals surface area contributed by atoms with Crippen LogP contribution in [0.5, 0.6) is 0 Å². The summed E-state index contributed by atoms with van der Waals surface area (Å²) >= 11 is 0.